The highest BCUT2D eigenvalue weighted by molar-refractivity contribution is 6.32. The number of methoxy groups -OCH3 is 2. The number of nitrogens with zero attached hydrogens (tertiary/aromatic N) is 4. The molecule has 6 rings (SSSR count). The largest absolute Gasteiger partial charge is 0.453 e. The lowest BCUT2D eigenvalue weighted by molar-refractivity contribution is -0.138. The van der Waals surface area contributed by atoms with Crippen molar-refractivity contribution >= 4 is 47.2 Å². The van der Waals surface area contributed by atoms with Crippen LogP contribution in [0.4, 0.5) is 9.59 Å². The smallest absolute Gasteiger partial charge is 0.407 e. The number of likely N-dealkylation sites (tertiary alicyclic amines) is 2. The van der Waals surface area contributed by atoms with Crippen LogP contribution in [0.1, 0.15) is 77.1 Å². The normalized spacial score (nSPS) is 17.9. The summed E-state index contributed by atoms with van der Waals surface area (Å²) in [5.74, 6) is 0.459. The van der Waals surface area contributed by atoms with Crippen LogP contribution in [0, 0.1) is 17.8 Å². The van der Waals surface area contributed by atoms with Gasteiger partial charge in [0.1, 0.15) is 39.4 Å². The van der Waals surface area contributed by atoms with Crippen LogP contribution in [0.2, 0.25) is 10.3 Å². The molecule has 2 fully saturated rings. The maximum Gasteiger partial charge on any atom is 0.407 e. The number of aromatic nitrogens is 4. The molecule has 0 aliphatic carbocycles. The van der Waals surface area contributed by atoms with Crippen LogP contribution in [0.5, 0.6) is 0 Å². The summed E-state index contributed by atoms with van der Waals surface area (Å²) in [5.41, 5.74) is 4.81. The Morgan fingerprint density at radius 3 is 1.56 bits per heavy atom. The molecule has 4 N–H and O–H groups in total. The van der Waals surface area contributed by atoms with E-state index >= 15 is 0 Å². The molecule has 0 saturated carbocycles. The summed E-state index contributed by atoms with van der Waals surface area (Å²) < 4.78 is 9.45. The highest BCUT2D eigenvalue weighted by Gasteiger charge is 2.39. The first kappa shape index (κ1) is 41.6. The van der Waals surface area contributed by atoms with Gasteiger partial charge in [-0.3, -0.25) is 9.59 Å². The summed E-state index contributed by atoms with van der Waals surface area (Å²) >= 11 is 13.4. The molecule has 304 valence electrons. The molecule has 4 aromatic rings. The quantitative estimate of drug-likeness (QED) is 0.112. The van der Waals surface area contributed by atoms with Gasteiger partial charge in [-0.15, -0.1) is 0 Å². The first-order valence-corrected chi connectivity index (χ1v) is 20.1. The van der Waals surface area contributed by atoms with Crippen LogP contribution in [0.3, 0.4) is 0 Å². The lowest BCUT2D eigenvalue weighted by Crippen LogP contribution is -2.51. The molecule has 2 saturated heterocycles. The Morgan fingerprint density at radius 1 is 0.702 bits per heavy atom. The van der Waals surface area contributed by atoms with Gasteiger partial charge in [-0.2, -0.15) is 0 Å². The Labute approximate surface area is 342 Å². The van der Waals surface area contributed by atoms with E-state index < -0.39 is 24.1 Å². The summed E-state index contributed by atoms with van der Waals surface area (Å²) in [7, 11) is 2.57. The summed E-state index contributed by atoms with van der Waals surface area (Å²) in [6.45, 7) is 9.01. The van der Waals surface area contributed by atoms with Crippen molar-refractivity contribution < 1.29 is 28.7 Å². The molecule has 16 heteroatoms. The number of aromatic amines is 2. The number of hydrogen-bond acceptors (Lipinski definition) is 8. The summed E-state index contributed by atoms with van der Waals surface area (Å²) in [6.07, 6.45) is 1.87. The number of H-pyrrole nitrogens is 2. The van der Waals surface area contributed by atoms with Crippen molar-refractivity contribution in [1.29, 1.82) is 0 Å². The molecule has 0 spiro atoms. The van der Waals surface area contributed by atoms with Crippen molar-refractivity contribution in [1.82, 2.24) is 40.4 Å². The van der Waals surface area contributed by atoms with E-state index in [0.29, 0.717) is 52.9 Å². The van der Waals surface area contributed by atoms with Gasteiger partial charge in [0.25, 0.3) is 0 Å². The maximum absolute atomic E-state index is 13.7. The number of amides is 4. The van der Waals surface area contributed by atoms with Crippen LogP contribution in [0.15, 0.2) is 48.5 Å². The average Bonchev–Trinajstić information content (AvgIpc) is 4.03. The van der Waals surface area contributed by atoms with E-state index in [-0.39, 0.29) is 42.3 Å². The molecule has 4 atom stereocenters. The van der Waals surface area contributed by atoms with Gasteiger partial charge in [0.15, 0.2) is 0 Å². The highest BCUT2D eigenvalue weighted by Crippen LogP contribution is 2.38. The van der Waals surface area contributed by atoms with E-state index in [1.54, 1.807) is 4.90 Å². The fourth-order valence-corrected chi connectivity index (χ4v) is 8.17. The lowest BCUT2D eigenvalue weighted by atomic mass is 9.94. The standard InChI is InChI=1S/C41H50Cl2N8O6/c1-22(2)28(21-44-40(54)56-5)38(52)50-19-7-9-29(50)36-45-32(34(42)48-36)26-15-11-24(12-16-26)25-13-17-27(18-14-25)33-35(43)49-37(46-33)30-10-8-20-51(30)39(53)31(23(3)4)47-41(55)57-6/h11-18,22-23,28-31H,7-10,19-21H2,1-6H3,(H,44,54)(H,45,48)(H,46,49)(H,47,55)/t28-,29?,30?,31-/m0/s1. The number of carbonyl (C=O) groups excluding carboxylic acids is 4. The molecule has 2 aromatic carbocycles. The first-order valence-electron chi connectivity index (χ1n) is 19.3. The Bertz CT molecular complexity index is 2070. The molecule has 0 radical (unpaired) electrons. The monoisotopic (exact) mass is 820 g/mol. The average molecular weight is 822 g/mol. The van der Waals surface area contributed by atoms with Crippen LogP contribution < -0.4 is 10.6 Å². The van der Waals surface area contributed by atoms with Crippen LogP contribution >= 0.6 is 23.2 Å². The zero-order valence-electron chi connectivity index (χ0n) is 33.0. The number of alkyl carbamates (subject to hydrolysis) is 2. The summed E-state index contributed by atoms with van der Waals surface area (Å²) in [5, 5.41) is 6.13. The third-order valence-electron chi connectivity index (χ3n) is 10.9. The van der Waals surface area contributed by atoms with E-state index in [0.717, 1.165) is 41.5 Å². The van der Waals surface area contributed by atoms with Gasteiger partial charge >= 0.3 is 12.2 Å². The molecule has 2 aromatic heterocycles. The maximum atomic E-state index is 13.7. The second-order valence-corrected chi connectivity index (χ2v) is 15.9. The van der Waals surface area contributed by atoms with Gasteiger partial charge in [0.2, 0.25) is 11.8 Å². The van der Waals surface area contributed by atoms with E-state index in [2.05, 4.69) is 20.6 Å². The zero-order valence-corrected chi connectivity index (χ0v) is 34.5. The zero-order chi connectivity index (χ0) is 41.0. The molecule has 4 heterocycles. The number of hydrogen-bond donors (Lipinski definition) is 4. The minimum atomic E-state index is -0.730. The Morgan fingerprint density at radius 2 is 1.14 bits per heavy atom. The van der Waals surface area contributed by atoms with Gasteiger partial charge in [-0.05, 0) is 48.6 Å². The van der Waals surface area contributed by atoms with Crippen molar-refractivity contribution in [2.45, 2.75) is 71.5 Å². The van der Waals surface area contributed by atoms with Gasteiger partial charge in [0, 0.05) is 30.8 Å². The van der Waals surface area contributed by atoms with E-state index in [4.69, 9.17) is 42.6 Å². The van der Waals surface area contributed by atoms with E-state index in [1.807, 2.05) is 81.1 Å². The number of rotatable bonds is 12. The third-order valence-corrected chi connectivity index (χ3v) is 11.4. The Balaban J connectivity index is 1.14. The second kappa shape index (κ2) is 18.0. The number of benzene rings is 2. The van der Waals surface area contributed by atoms with Gasteiger partial charge in [-0.25, -0.2) is 19.6 Å². The van der Waals surface area contributed by atoms with Crippen LogP contribution in [0.25, 0.3) is 33.6 Å². The van der Waals surface area contributed by atoms with Crippen LogP contribution in [-0.2, 0) is 19.1 Å². The fourth-order valence-electron chi connectivity index (χ4n) is 7.67. The molecule has 4 amide bonds. The number of nitrogens with one attached hydrogen (secondary N) is 4. The fraction of sp³-hybridized carbons (Fsp3) is 0.463. The van der Waals surface area contributed by atoms with Gasteiger partial charge in [-0.1, -0.05) is 99.4 Å². The highest BCUT2D eigenvalue weighted by atomic mass is 35.5. The minimum absolute atomic E-state index is 0.00631. The lowest BCUT2D eigenvalue weighted by Gasteiger charge is -2.29. The van der Waals surface area contributed by atoms with E-state index in [1.165, 1.54) is 14.2 Å². The molecule has 2 aliphatic rings. The predicted octanol–water partition coefficient (Wildman–Crippen LogP) is 7.78. The van der Waals surface area contributed by atoms with Gasteiger partial charge in [0.05, 0.1) is 32.2 Å². The number of carbonyl (C=O) groups is 4. The van der Waals surface area contributed by atoms with Crippen molar-refractivity contribution in [3.63, 3.8) is 0 Å². The SMILES string of the molecule is COC(=O)NC[C@H](C(=O)N1CCCC1c1nc(-c2ccc(-c3ccc(-c4nc(C5CCCN5C(=O)[C@@H](NC(=O)OC)C(C)C)[nH]c4Cl)cc3)cc2)c(Cl)[nH]1)C(C)C. The Hall–Kier alpha value is -5.08. The number of halogens is 2. The van der Waals surface area contributed by atoms with Crippen molar-refractivity contribution in [3.8, 4) is 33.6 Å². The molecule has 2 aliphatic heterocycles. The first-order chi connectivity index (χ1) is 27.3. The Kier molecular flexibility index (Phi) is 13.1. The van der Waals surface area contributed by atoms with Crippen molar-refractivity contribution in [3.05, 3.63) is 70.5 Å². The molecular formula is C41H50Cl2N8O6. The number of ether oxygens (including phenoxy) is 2. The minimum Gasteiger partial charge on any atom is -0.453 e. The van der Waals surface area contributed by atoms with Crippen molar-refractivity contribution in [2.24, 2.45) is 17.8 Å². The second-order valence-electron chi connectivity index (χ2n) is 15.2. The summed E-state index contributed by atoms with van der Waals surface area (Å²) in [4.78, 5) is 70.7. The van der Waals surface area contributed by atoms with E-state index in [9.17, 15) is 19.2 Å². The molecule has 0 bridgehead atoms. The predicted molar refractivity (Wildman–Crippen MR) is 217 cm³/mol. The summed E-state index contributed by atoms with van der Waals surface area (Å²) in [6, 6.07) is 14.6. The molecule has 14 nitrogen and oxygen atoms in total. The third kappa shape index (κ3) is 9.07. The molecule has 57 heavy (non-hydrogen) atoms. The molecule has 2 unspecified atom stereocenters. The molecular weight excluding hydrogens is 771 g/mol. The van der Waals surface area contributed by atoms with Crippen molar-refractivity contribution in [2.75, 3.05) is 33.9 Å². The topological polar surface area (TPSA) is 175 Å². The van der Waals surface area contributed by atoms with Crippen LogP contribution in [-0.4, -0.2) is 93.6 Å². The van der Waals surface area contributed by atoms with Gasteiger partial charge < -0.3 is 39.9 Å². The number of imidazole rings is 2.